The second-order valence-electron chi connectivity index (χ2n) is 4.02. The molecule has 0 bridgehead atoms. The molecule has 1 nitrogen and oxygen atoms in total. The number of hydrogen-bond acceptors (Lipinski definition) is 2. The lowest BCUT2D eigenvalue weighted by Crippen LogP contribution is -2.13. The third-order valence-corrected chi connectivity index (χ3v) is 4.77. The summed E-state index contributed by atoms with van der Waals surface area (Å²) < 4.78 is 27.0. The smallest absolute Gasteiger partial charge is 0.159 e. The normalized spacial score (nSPS) is 12.4. The molecule has 0 amide bonds. The van der Waals surface area contributed by atoms with Crippen LogP contribution in [-0.2, 0) is 0 Å². The first-order valence-electron chi connectivity index (χ1n) is 5.66. The number of rotatable bonds is 4. The highest BCUT2D eigenvalue weighted by molar-refractivity contribution is 9.10. The second kappa shape index (κ2) is 6.50. The van der Waals surface area contributed by atoms with Crippen LogP contribution in [0, 0.1) is 11.6 Å². The zero-order valence-corrected chi connectivity index (χ0v) is 12.3. The fraction of sp³-hybridized carbons (Fsp3) is 0.143. The van der Waals surface area contributed by atoms with Gasteiger partial charge in [-0.2, -0.15) is 0 Å². The fourth-order valence-corrected chi connectivity index (χ4v) is 3.14. The summed E-state index contributed by atoms with van der Waals surface area (Å²) in [5.41, 5.74) is 6.58. The number of benzene rings is 2. The average Bonchev–Trinajstić information content (AvgIpc) is 2.40. The van der Waals surface area contributed by atoms with Gasteiger partial charge < -0.3 is 5.73 Å². The van der Waals surface area contributed by atoms with E-state index in [1.54, 1.807) is 11.8 Å². The predicted octanol–water partition coefficient (Wildman–Crippen LogP) is 4.52. The van der Waals surface area contributed by atoms with Crippen molar-refractivity contribution in [3.05, 3.63) is 64.1 Å². The lowest BCUT2D eigenvalue weighted by Gasteiger charge is -2.12. The molecule has 0 aliphatic carbocycles. The van der Waals surface area contributed by atoms with Crippen LogP contribution in [0.3, 0.4) is 0 Å². The first-order valence-corrected chi connectivity index (χ1v) is 7.43. The third-order valence-electron chi connectivity index (χ3n) is 2.63. The summed E-state index contributed by atoms with van der Waals surface area (Å²) in [7, 11) is 0. The Kier molecular flexibility index (Phi) is 4.96. The van der Waals surface area contributed by atoms with Crippen molar-refractivity contribution in [2.75, 3.05) is 5.75 Å². The van der Waals surface area contributed by atoms with Crippen molar-refractivity contribution in [2.45, 2.75) is 10.9 Å². The summed E-state index contributed by atoms with van der Waals surface area (Å²) >= 11 is 5.02. The molecule has 0 spiro atoms. The van der Waals surface area contributed by atoms with Crippen molar-refractivity contribution in [1.29, 1.82) is 0 Å². The van der Waals surface area contributed by atoms with E-state index < -0.39 is 11.6 Å². The van der Waals surface area contributed by atoms with E-state index >= 15 is 0 Å². The summed E-state index contributed by atoms with van der Waals surface area (Å²) in [6, 6.07) is 11.2. The van der Waals surface area contributed by atoms with Gasteiger partial charge in [-0.05, 0) is 45.8 Å². The molecule has 2 N–H and O–H groups in total. The summed E-state index contributed by atoms with van der Waals surface area (Å²) in [5, 5.41) is 0. The van der Waals surface area contributed by atoms with Crippen LogP contribution in [-0.4, -0.2) is 5.75 Å². The molecular formula is C14H12BrF2NS. The van der Waals surface area contributed by atoms with Gasteiger partial charge >= 0.3 is 0 Å². The SMILES string of the molecule is NC(CSc1ccccc1Br)c1ccc(F)c(F)c1. The van der Waals surface area contributed by atoms with E-state index in [4.69, 9.17) is 5.73 Å². The minimum absolute atomic E-state index is 0.341. The van der Waals surface area contributed by atoms with Crippen LogP contribution in [0.5, 0.6) is 0 Å². The van der Waals surface area contributed by atoms with Crippen molar-refractivity contribution in [2.24, 2.45) is 5.73 Å². The molecule has 100 valence electrons. The van der Waals surface area contributed by atoms with Crippen molar-refractivity contribution in [3.63, 3.8) is 0 Å². The molecule has 0 aliphatic heterocycles. The summed E-state index contributed by atoms with van der Waals surface area (Å²) in [4.78, 5) is 1.07. The molecule has 2 rings (SSSR count). The molecule has 0 saturated carbocycles. The first-order chi connectivity index (χ1) is 9.08. The number of halogens is 3. The maximum absolute atomic E-state index is 13.1. The largest absolute Gasteiger partial charge is 0.323 e. The van der Waals surface area contributed by atoms with Crippen LogP contribution in [0.2, 0.25) is 0 Å². The Morgan fingerprint density at radius 2 is 1.84 bits per heavy atom. The molecular weight excluding hydrogens is 332 g/mol. The number of nitrogens with two attached hydrogens (primary N) is 1. The van der Waals surface area contributed by atoms with Gasteiger partial charge in [0.1, 0.15) is 0 Å². The van der Waals surface area contributed by atoms with Gasteiger partial charge in [0.15, 0.2) is 11.6 Å². The molecule has 2 aromatic rings. The van der Waals surface area contributed by atoms with Gasteiger partial charge in [0.05, 0.1) is 0 Å². The molecule has 0 radical (unpaired) electrons. The van der Waals surface area contributed by atoms with Gasteiger partial charge in [0.2, 0.25) is 0 Å². The first kappa shape index (κ1) is 14.5. The highest BCUT2D eigenvalue weighted by atomic mass is 79.9. The third kappa shape index (κ3) is 3.78. The lowest BCUT2D eigenvalue weighted by molar-refractivity contribution is 0.506. The maximum atomic E-state index is 13.1. The Hall–Kier alpha value is -0.910. The monoisotopic (exact) mass is 343 g/mol. The molecule has 1 atom stereocenters. The molecule has 0 saturated heterocycles. The van der Waals surface area contributed by atoms with Crippen LogP contribution in [0.1, 0.15) is 11.6 Å². The predicted molar refractivity (Wildman–Crippen MR) is 78.2 cm³/mol. The van der Waals surface area contributed by atoms with Crippen LogP contribution < -0.4 is 5.73 Å². The molecule has 2 aromatic carbocycles. The topological polar surface area (TPSA) is 26.0 Å². The molecule has 0 aromatic heterocycles. The van der Waals surface area contributed by atoms with E-state index in [9.17, 15) is 8.78 Å². The standard InChI is InChI=1S/C14H12BrF2NS/c15-10-3-1-2-4-14(10)19-8-13(18)9-5-6-11(16)12(17)7-9/h1-7,13H,8,18H2. The summed E-state index contributed by atoms with van der Waals surface area (Å²) in [5.74, 6) is -1.12. The van der Waals surface area contributed by atoms with E-state index in [0.717, 1.165) is 21.5 Å². The molecule has 0 fully saturated rings. The quantitative estimate of drug-likeness (QED) is 0.826. The molecule has 1 unspecified atom stereocenters. The van der Waals surface area contributed by atoms with Crippen molar-refractivity contribution >= 4 is 27.7 Å². The molecule has 0 heterocycles. The van der Waals surface area contributed by atoms with Gasteiger partial charge in [-0.25, -0.2) is 8.78 Å². The van der Waals surface area contributed by atoms with Crippen LogP contribution in [0.15, 0.2) is 51.8 Å². The minimum Gasteiger partial charge on any atom is -0.323 e. The number of hydrogen-bond donors (Lipinski definition) is 1. The zero-order valence-electron chi connectivity index (χ0n) is 9.95. The highest BCUT2D eigenvalue weighted by Crippen LogP contribution is 2.29. The van der Waals surface area contributed by atoms with Crippen LogP contribution >= 0.6 is 27.7 Å². The van der Waals surface area contributed by atoms with Crippen molar-refractivity contribution in [3.8, 4) is 0 Å². The molecule has 0 aliphatic rings. The lowest BCUT2D eigenvalue weighted by atomic mass is 10.1. The van der Waals surface area contributed by atoms with Gasteiger partial charge in [-0.1, -0.05) is 18.2 Å². The van der Waals surface area contributed by atoms with E-state index in [1.165, 1.54) is 6.07 Å². The number of thioether (sulfide) groups is 1. The molecule has 19 heavy (non-hydrogen) atoms. The van der Waals surface area contributed by atoms with Gasteiger partial charge in [-0.3, -0.25) is 0 Å². The Morgan fingerprint density at radius 1 is 1.11 bits per heavy atom. The zero-order chi connectivity index (χ0) is 13.8. The second-order valence-corrected chi connectivity index (χ2v) is 5.94. The average molecular weight is 344 g/mol. The van der Waals surface area contributed by atoms with Crippen molar-refractivity contribution < 1.29 is 8.78 Å². The Morgan fingerprint density at radius 3 is 2.53 bits per heavy atom. The fourth-order valence-electron chi connectivity index (χ4n) is 1.58. The Bertz CT molecular complexity index is 577. The summed E-state index contributed by atoms with van der Waals surface area (Å²) in [6.07, 6.45) is 0. The van der Waals surface area contributed by atoms with Crippen LogP contribution in [0.25, 0.3) is 0 Å². The van der Waals surface area contributed by atoms with E-state index in [-0.39, 0.29) is 6.04 Å². The Balaban J connectivity index is 2.03. The molecule has 5 heteroatoms. The highest BCUT2D eigenvalue weighted by Gasteiger charge is 2.11. The van der Waals surface area contributed by atoms with E-state index in [1.807, 2.05) is 24.3 Å². The van der Waals surface area contributed by atoms with Gasteiger partial charge in [0, 0.05) is 21.2 Å². The maximum Gasteiger partial charge on any atom is 0.159 e. The van der Waals surface area contributed by atoms with Gasteiger partial charge in [0.25, 0.3) is 0 Å². The van der Waals surface area contributed by atoms with E-state index in [0.29, 0.717) is 11.3 Å². The van der Waals surface area contributed by atoms with Crippen molar-refractivity contribution in [1.82, 2.24) is 0 Å². The van der Waals surface area contributed by atoms with Gasteiger partial charge in [-0.15, -0.1) is 11.8 Å². The summed E-state index contributed by atoms with van der Waals surface area (Å²) in [6.45, 7) is 0. The Labute approximate surface area is 123 Å². The minimum atomic E-state index is -0.862. The van der Waals surface area contributed by atoms with E-state index in [2.05, 4.69) is 15.9 Å². The van der Waals surface area contributed by atoms with Crippen LogP contribution in [0.4, 0.5) is 8.78 Å².